The predicted molar refractivity (Wildman–Crippen MR) is 120 cm³/mol. The molecule has 2 rings (SSSR count). The summed E-state index contributed by atoms with van der Waals surface area (Å²) in [6, 6.07) is 14.7. The van der Waals surface area contributed by atoms with Crippen LogP contribution >= 0.6 is 0 Å². The zero-order valence-corrected chi connectivity index (χ0v) is 18.2. The fourth-order valence-corrected chi connectivity index (χ4v) is 2.86. The molecule has 0 atom stereocenters. The fourth-order valence-electron chi connectivity index (χ4n) is 2.86. The Labute approximate surface area is 183 Å². The van der Waals surface area contributed by atoms with Gasteiger partial charge in [-0.2, -0.15) is 0 Å². The van der Waals surface area contributed by atoms with Crippen molar-refractivity contribution in [3.05, 3.63) is 65.2 Å². The molecular formula is C23H30N4O4. The molecule has 3 N–H and O–H groups in total. The normalized spacial score (nSPS) is 10.6. The molecule has 0 aliphatic heterocycles. The summed E-state index contributed by atoms with van der Waals surface area (Å²) >= 11 is 0. The Balaban J connectivity index is 1.88. The standard InChI is InChI=1S/C23H30N4O4/c1-17-8-10-18(11-9-17)14-25-23(30)19-6-4-5-7-20(19)26-22(29)16-27(2)15-21(28)24-12-13-31-3/h4-11H,12-16H2,1-3H3,(H,24,28)(H,25,30)(H,26,29). The topological polar surface area (TPSA) is 99.8 Å². The second-order valence-electron chi connectivity index (χ2n) is 7.28. The highest BCUT2D eigenvalue weighted by Crippen LogP contribution is 2.15. The molecule has 2 aromatic rings. The molecule has 31 heavy (non-hydrogen) atoms. The van der Waals surface area contributed by atoms with Gasteiger partial charge in [0.25, 0.3) is 5.91 Å². The molecule has 2 aromatic carbocycles. The summed E-state index contributed by atoms with van der Waals surface area (Å²) in [5, 5.41) is 8.34. The van der Waals surface area contributed by atoms with E-state index in [9.17, 15) is 14.4 Å². The first-order chi connectivity index (χ1) is 14.9. The van der Waals surface area contributed by atoms with Crippen molar-refractivity contribution in [2.75, 3.05) is 45.7 Å². The lowest BCUT2D eigenvalue weighted by Gasteiger charge is -2.17. The van der Waals surface area contributed by atoms with Gasteiger partial charge in [0, 0.05) is 20.2 Å². The average molecular weight is 427 g/mol. The zero-order valence-electron chi connectivity index (χ0n) is 18.2. The summed E-state index contributed by atoms with van der Waals surface area (Å²) in [4.78, 5) is 38.5. The van der Waals surface area contributed by atoms with Crippen LogP contribution in [0.2, 0.25) is 0 Å². The average Bonchev–Trinajstić information content (AvgIpc) is 2.73. The van der Waals surface area contributed by atoms with Crippen LogP contribution in [0.3, 0.4) is 0 Å². The van der Waals surface area contributed by atoms with Gasteiger partial charge in [-0.05, 0) is 31.7 Å². The summed E-state index contributed by atoms with van der Waals surface area (Å²) in [5.41, 5.74) is 2.95. The number of carbonyl (C=O) groups is 3. The van der Waals surface area contributed by atoms with Crippen LogP contribution in [-0.4, -0.2) is 63.0 Å². The van der Waals surface area contributed by atoms with Gasteiger partial charge in [-0.25, -0.2) is 0 Å². The van der Waals surface area contributed by atoms with Gasteiger partial charge in [0.15, 0.2) is 0 Å². The first-order valence-electron chi connectivity index (χ1n) is 10.1. The number of amides is 3. The molecule has 166 valence electrons. The van der Waals surface area contributed by atoms with Gasteiger partial charge in [0.1, 0.15) is 0 Å². The molecule has 0 saturated heterocycles. The molecule has 0 saturated carbocycles. The number of carbonyl (C=O) groups excluding carboxylic acids is 3. The summed E-state index contributed by atoms with van der Waals surface area (Å²) in [5.74, 6) is -0.781. The van der Waals surface area contributed by atoms with Crippen molar-refractivity contribution in [3.8, 4) is 0 Å². The fraction of sp³-hybridized carbons (Fsp3) is 0.348. The lowest BCUT2D eigenvalue weighted by Crippen LogP contribution is -2.40. The molecule has 3 amide bonds. The van der Waals surface area contributed by atoms with E-state index in [1.165, 1.54) is 0 Å². The number of para-hydroxylation sites is 1. The molecule has 8 nitrogen and oxygen atoms in total. The minimum atomic E-state index is -0.314. The molecule has 0 unspecified atom stereocenters. The number of hydrogen-bond donors (Lipinski definition) is 3. The Morgan fingerprint density at radius 2 is 1.61 bits per heavy atom. The highest BCUT2D eigenvalue weighted by atomic mass is 16.5. The van der Waals surface area contributed by atoms with E-state index in [0.29, 0.717) is 30.9 Å². The monoisotopic (exact) mass is 426 g/mol. The van der Waals surface area contributed by atoms with Crippen LogP contribution < -0.4 is 16.0 Å². The van der Waals surface area contributed by atoms with E-state index in [2.05, 4.69) is 16.0 Å². The second kappa shape index (κ2) is 12.5. The van der Waals surface area contributed by atoms with Crippen molar-refractivity contribution >= 4 is 23.4 Å². The maximum absolute atomic E-state index is 12.6. The number of rotatable bonds is 11. The predicted octanol–water partition coefficient (Wildman–Crippen LogP) is 1.56. The van der Waals surface area contributed by atoms with E-state index in [4.69, 9.17) is 4.74 Å². The number of likely N-dealkylation sites (N-methyl/N-ethyl adjacent to an activating group) is 1. The third kappa shape index (κ3) is 8.57. The van der Waals surface area contributed by atoms with Crippen molar-refractivity contribution in [3.63, 3.8) is 0 Å². The molecule has 0 fully saturated rings. The van der Waals surface area contributed by atoms with Crippen LogP contribution in [0.4, 0.5) is 5.69 Å². The van der Waals surface area contributed by atoms with Gasteiger partial charge in [-0.15, -0.1) is 0 Å². The van der Waals surface area contributed by atoms with Gasteiger partial charge in [-0.3, -0.25) is 19.3 Å². The van der Waals surface area contributed by atoms with Crippen molar-refractivity contribution in [1.29, 1.82) is 0 Å². The number of benzene rings is 2. The number of nitrogens with one attached hydrogen (secondary N) is 3. The Kier molecular flexibility index (Phi) is 9.67. The van der Waals surface area contributed by atoms with Crippen molar-refractivity contribution in [2.45, 2.75) is 13.5 Å². The van der Waals surface area contributed by atoms with Gasteiger partial charge in [0.2, 0.25) is 11.8 Å². The summed E-state index contributed by atoms with van der Waals surface area (Å²) in [7, 11) is 3.24. The molecule has 0 aliphatic rings. The van der Waals surface area contributed by atoms with E-state index in [1.807, 2.05) is 31.2 Å². The van der Waals surface area contributed by atoms with Crippen molar-refractivity contribution < 1.29 is 19.1 Å². The maximum atomic E-state index is 12.6. The number of nitrogens with zero attached hydrogens (tertiary/aromatic N) is 1. The van der Waals surface area contributed by atoms with Crippen LogP contribution in [0.1, 0.15) is 21.5 Å². The smallest absolute Gasteiger partial charge is 0.253 e. The van der Waals surface area contributed by atoms with E-state index in [1.54, 1.807) is 43.3 Å². The van der Waals surface area contributed by atoms with Gasteiger partial charge in [-0.1, -0.05) is 42.0 Å². The Hall–Kier alpha value is -3.23. The van der Waals surface area contributed by atoms with E-state index in [0.717, 1.165) is 11.1 Å². The summed E-state index contributed by atoms with van der Waals surface area (Å²) in [6.45, 7) is 3.33. The molecule has 8 heteroatoms. The molecule has 0 aliphatic carbocycles. The maximum Gasteiger partial charge on any atom is 0.253 e. The van der Waals surface area contributed by atoms with Crippen LogP contribution in [0, 0.1) is 6.92 Å². The van der Waals surface area contributed by atoms with E-state index >= 15 is 0 Å². The van der Waals surface area contributed by atoms with Crippen LogP contribution in [0.25, 0.3) is 0 Å². The van der Waals surface area contributed by atoms with Crippen LogP contribution in [0.15, 0.2) is 48.5 Å². The molecule has 0 bridgehead atoms. The minimum absolute atomic E-state index is 0.0109. The second-order valence-corrected chi connectivity index (χ2v) is 7.28. The lowest BCUT2D eigenvalue weighted by molar-refractivity contribution is -0.123. The number of aryl methyl sites for hydroxylation is 1. The van der Waals surface area contributed by atoms with Gasteiger partial charge >= 0.3 is 0 Å². The van der Waals surface area contributed by atoms with Gasteiger partial charge in [0.05, 0.1) is 30.9 Å². The van der Waals surface area contributed by atoms with Crippen molar-refractivity contribution in [2.24, 2.45) is 0 Å². The molecule has 0 radical (unpaired) electrons. The largest absolute Gasteiger partial charge is 0.383 e. The molecule has 0 aromatic heterocycles. The highest BCUT2D eigenvalue weighted by Gasteiger charge is 2.15. The lowest BCUT2D eigenvalue weighted by atomic mass is 10.1. The first kappa shape index (κ1) is 24.0. The number of methoxy groups -OCH3 is 1. The van der Waals surface area contributed by atoms with E-state index in [-0.39, 0.29) is 30.8 Å². The third-order valence-corrected chi connectivity index (χ3v) is 4.47. The van der Waals surface area contributed by atoms with Crippen molar-refractivity contribution in [1.82, 2.24) is 15.5 Å². The quantitative estimate of drug-likeness (QED) is 0.474. The molecular weight excluding hydrogens is 396 g/mol. The Bertz CT molecular complexity index is 883. The van der Waals surface area contributed by atoms with E-state index < -0.39 is 0 Å². The molecule has 0 spiro atoms. The Morgan fingerprint density at radius 1 is 0.935 bits per heavy atom. The van der Waals surface area contributed by atoms with Crippen LogP contribution in [-0.2, 0) is 20.9 Å². The summed E-state index contributed by atoms with van der Waals surface area (Å²) in [6.07, 6.45) is 0. The highest BCUT2D eigenvalue weighted by molar-refractivity contribution is 6.04. The first-order valence-corrected chi connectivity index (χ1v) is 10.1. The number of anilines is 1. The SMILES string of the molecule is COCCNC(=O)CN(C)CC(=O)Nc1ccccc1C(=O)NCc1ccc(C)cc1. The number of hydrogen-bond acceptors (Lipinski definition) is 5. The third-order valence-electron chi connectivity index (χ3n) is 4.47. The minimum Gasteiger partial charge on any atom is -0.383 e. The Morgan fingerprint density at radius 3 is 2.32 bits per heavy atom. The number of ether oxygens (including phenoxy) is 1. The summed E-state index contributed by atoms with van der Waals surface area (Å²) < 4.78 is 4.88. The van der Waals surface area contributed by atoms with Gasteiger partial charge < -0.3 is 20.7 Å². The molecule has 0 heterocycles. The van der Waals surface area contributed by atoms with Crippen LogP contribution in [0.5, 0.6) is 0 Å². The zero-order chi connectivity index (χ0) is 22.6.